The van der Waals surface area contributed by atoms with Crippen molar-refractivity contribution in [1.29, 1.82) is 0 Å². The van der Waals surface area contributed by atoms with Gasteiger partial charge in [-0.15, -0.1) is 0 Å². The van der Waals surface area contributed by atoms with E-state index >= 15 is 0 Å². The highest BCUT2D eigenvalue weighted by molar-refractivity contribution is 5.58. The minimum atomic E-state index is -0.223. The molecular formula is C13H15FN2. The van der Waals surface area contributed by atoms with Crippen molar-refractivity contribution in [3.63, 3.8) is 0 Å². The van der Waals surface area contributed by atoms with Gasteiger partial charge in [-0.2, -0.15) is 0 Å². The molecule has 0 atom stereocenters. The first-order chi connectivity index (χ1) is 7.47. The molecule has 2 aromatic rings. The molecule has 0 bridgehead atoms. The smallest absolute Gasteiger partial charge is 0.123 e. The van der Waals surface area contributed by atoms with Gasteiger partial charge >= 0.3 is 0 Å². The summed E-state index contributed by atoms with van der Waals surface area (Å²) in [5.41, 5.74) is 1.87. The molecule has 0 amide bonds. The van der Waals surface area contributed by atoms with Crippen LogP contribution in [-0.2, 0) is 5.41 Å². The maximum atomic E-state index is 12.8. The van der Waals surface area contributed by atoms with E-state index in [1.54, 1.807) is 18.3 Å². The van der Waals surface area contributed by atoms with E-state index in [0.717, 1.165) is 17.1 Å². The lowest BCUT2D eigenvalue weighted by Crippen LogP contribution is -2.13. The highest BCUT2D eigenvalue weighted by atomic mass is 19.1. The molecule has 0 aliphatic rings. The number of H-pyrrole nitrogens is 1. The van der Waals surface area contributed by atoms with Gasteiger partial charge < -0.3 is 4.98 Å². The third-order valence-corrected chi connectivity index (χ3v) is 2.44. The Bertz CT molecular complexity index is 477. The van der Waals surface area contributed by atoms with Crippen LogP contribution in [0.25, 0.3) is 11.3 Å². The number of hydrogen-bond acceptors (Lipinski definition) is 1. The largest absolute Gasteiger partial charge is 0.342 e. The van der Waals surface area contributed by atoms with Crippen molar-refractivity contribution >= 4 is 0 Å². The van der Waals surface area contributed by atoms with Gasteiger partial charge in [0.05, 0.1) is 11.9 Å². The van der Waals surface area contributed by atoms with Gasteiger partial charge in [0.2, 0.25) is 0 Å². The number of nitrogens with zero attached hydrogens (tertiary/aromatic N) is 1. The summed E-state index contributed by atoms with van der Waals surface area (Å²) in [6.45, 7) is 6.29. The fraction of sp³-hybridized carbons (Fsp3) is 0.308. The lowest BCUT2D eigenvalue weighted by molar-refractivity contribution is 0.553. The van der Waals surface area contributed by atoms with Gasteiger partial charge in [-0.3, -0.25) is 0 Å². The maximum absolute atomic E-state index is 12.8. The van der Waals surface area contributed by atoms with Crippen LogP contribution in [-0.4, -0.2) is 9.97 Å². The van der Waals surface area contributed by atoms with E-state index in [4.69, 9.17) is 0 Å². The molecule has 2 nitrogen and oxygen atoms in total. The van der Waals surface area contributed by atoms with Crippen molar-refractivity contribution in [2.45, 2.75) is 26.2 Å². The zero-order valence-corrected chi connectivity index (χ0v) is 9.71. The van der Waals surface area contributed by atoms with Crippen molar-refractivity contribution in [3.8, 4) is 11.3 Å². The van der Waals surface area contributed by atoms with Crippen LogP contribution in [0.4, 0.5) is 4.39 Å². The number of aromatic amines is 1. The van der Waals surface area contributed by atoms with Gasteiger partial charge in [-0.05, 0) is 29.8 Å². The monoisotopic (exact) mass is 218 g/mol. The predicted octanol–water partition coefficient (Wildman–Crippen LogP) is 3.51. The fourth-order valence-corrected chi connectivity index (χ4v) is 1.48. The van der Waals surface area contributed by atoms with Crippen LogP contribution < -0.4 is 0 Å². The van der Waals surface area contributed by atoms with Gasteiger partial charge in [-0.1, -0.05) is 20.8 Å². The molecule has 2 rings (SSSR count). The first kappa shape index (κ1) is 10.9. The van der Waals surface area contributed by atoms with Crippen LogP contribution in [0, 0.1) is 5.82 Å². The molecule has 1 aromatic carbocycles. The highest BCUT2D eigenvalue weighted by Crippen LogP contribution is 2.23. The molecule has 0 aliphatic carbocycles. The Balaban J connectivity index is 2.35. The quantitative estimate of drug-likeness (QED) is 0.779. The first-order valence-corrected chi connectivity index (χ1v) is 5.28. The summed E-state index contributed by atoms with van der Waals surface area (Å²) in [6, 6.07) is 6.39. The summed E-state index contributed by atoms with van der Waals surface area (Å²) in [7, 11) is 0. The predicted molar refractivity (Wildman–Crippen MR) is 62.7 cm³/mol. The highest BCUT2D eigenvalue weighted by Gasteiger charge is 2.17. The SMILES string of the molecule is CC(C)(C)c1ncc(-c2ccc(F)cc2)[nH]1. The maximum Gasteiger partial charge on any atom is 0.123 e. The van der Waals surface area contributed by atoms with Crippen molar-refractivity contribution < 1.29 is 4.39 Å². The average Bonchev–Trinajstić information content (AvgIpc) is 2.67. The molecule has 0 saturated heterocycles. The van der Waals surface area contributed by atoms with Crippen LogP contribution in [0.15, 0.2) is 30.5 Å². The molecule has 0 aliphatic heterocycles. The lowest BCUT2D eigenvalue weighted by Gasteiger charge is -2.14. The van der Waals surface area contributed by atoms with E-state index in [-0.39, 0.29) is 11.2 Å². The van der Waals surface area contributed by atoms with E-state index in [2.05, 4.69) is 30.7 Å². The minimum absolute atomic E-state index is 0.00171. The number of halogens is 1. The summed E-state index contributed by atoms with van der Waals surface area (Å²) < 4.78 is 12.8. The van der Waals surface area contributed by atoms with Crippen molar-refractivity contribution in [2.75, 3.05) is 0 Å². The van der Waals surface area contributed by atoms with Crippen LogP contribution in [0.3, 0.4) is 0 Å². The number of hydrogen-bond donors (Lipinski definition) is 1. The summed E-state index contributed by atoms with van der Waals surface area (Å²) in [5, 5.41) is 0. The van der Waals surface area contributed by atoms with E-state index in [9.17, 15) is 4.39 Å². The second kappa shape index (κ2) is 3.74. The van der Waals surface area contributed by atoms with Crippen LogP contribution >= 0.6 is 0 Å². The summed E-state index contributed by atoms with van der Waals surface area (Å²) in [6.07, 6.45) is 1.79. The number of benzene rings is 1. The number of aromatic nitrogens is 2. The standard InChI is InChI=1S/C13H15FN2/c1-13(2,3)12-15-8-11(16-12)9-4-6-10(14)7-5-9/h4-8H,1-3H3,(H,15,16). The third kappa shape index (κ3) is 2.13. The summed E-state index contributed by atoms with van der Waals surface area (Å²) >= 11 is 0. The van der Waals surface area contributed by atoms with Gasteiger partial charge in [0, 0.05) is 5.41 Å². The second-order valence-corrected chi connectivity index (χ2v) is 4.90. The molecule has 0 fully saturated rings. The van der Waals surface area contributed by atoms with E-state index in [0.29, 0.717) is 0 Å². The zero-order valence-electron chi connectivity index (χ0n) is 9.71. The Hall–Kier alpha value is -1.64. The van der Waals surface area contributed by atoms with Crippen molar-refractivity contribution in [3.05, 3.63) is 42.1 Å². The Morgan fingerprint density at radius 2 is 1.75 bits per heavy atom. The van der Waals surface area contributed by atoms with Crippen molar-refractivity contribution in [2.24, 2.45) is 0 Å². The lowest BCUT2D eigenvalue weighted by atomic mass is 9.96. The second-order valence-electron chi connectivity index (χ2n) is 4.90. The van der Waals surface area contributed by atoms with Crippen molar-refractivity contribution in [1.82, 2.24) is 9.97 Å². The van der Waals surface area contributed by atoms with Gasteiger partial charge in [0.25, 0.3) is 0 Å². The number of nitrogens with one attached hydrogen (secondary N) is 1. The Labute approximate surface area is 94.5 Å². The van der Waals surface area contributed by atoms with Crippen LogP contribution in [0.5, 0.6) is 0 Å². The molecule has 16 heavy (non-hydrogen) atoms. The third-order valence-electron chi connectivity index (χ3n) is 2.44. The average molecular weight is 218 g/mol. The molecule has 0 unspecified atom stereocenters. The van der Waals surface area contributed by atoms with Crippen LogP contribution in [0.1, 0.15) is 26.6 Å². The molecule has 1 N–H and O–H groups in total. The summed E-state index contributed by atoms with van der Waals surface area (Å²) in [5.74, 6) is 0.714. The molecule has 0 saturated carbocycles. The van der Waals surface area contributed by atoms with E-state index in [1.807, 2.05) is 0 Å². The minimum Gasteiger partial charge on any atom is -0.342 e. The number of rotatable bonds is 1. The Morgan fingerprint density at radius 3 is 2.25 bits per heavy atom. The van der Waals surface area contributed by atoms with Gasteiger partial charge in [0.1, 0.15) is 11.6 Å². The van der Waals surface area contributed by atoms with Crippen LogP contribution in [0.2, 0.25) is 0 Å². The Kier molecular flexibility index (Phi) is 2.54. The topological polar surface area (TPSA) is 28.7 Å². The Morgan fingerprint density at radius 1 is 1.12 bits per heavy atom. The van der Waals surface area contributed by atoms with Gasteiger partial charge in [-0.25, -0.2) is 9.37 Å². The van der Waals surface area contributed by atoms with E-state index < -0.39 is 0 Å². The molecule has 0 spiro atoms. The first-order valence-electron chi connectivity index (χ1n) is 5.28. The zero-order chi connectivity index (χ0) is 11.8. The molecule has 1 heterocycles. The summed E-state index contributed by atoms with van der Waals surface area (Å²) in [4.78, 5) is 7.59. The number of imidazole rings is 1. The van der Waals surface area contributed by atoms with Gasteiger partial charge in [0.15, 0.2) is 0 Å². The molecular weight excluding hydrogens is 203 g/mol. The molecule has 3 heteroatoms. The normalized spacial score (nSPS) is 11.8. The fourth-order valence-electron chi connectivity index (χ4n) is 1.48. The molecule has 0 radical (unpaired) electrons. The molecule has 1 aromatic heterocycles. The molecule has 84 valence electrons. The van der Waals surface area contributed by atoms with E-state index in [1.165, 1.54) is 12.1 Å².